The Balaban J connectivity index is 2.10. The fourth-order valence-electron chi connectivity index (χ4n) is 2.24. The van der Waals surface area contributed by atoms with Crippen LogP contribution in [0.4, 0.5) is 13.2 Å². The third-order valence-corrected chi connectivity index (χ3v) is 3.11. The molecule has 1 atom stereocenters. The van der Waals surface area contributed by atoms with E-state index in [1.807, 2.05) is 5.48 Å². The van der Waals surface area contributed by atoms with Crippen molar-refractivity contribution in [1.29, 1.82) is 0 Å². The molecule has 2 aliphatic heterocycles. The van der Waals surface area contributed by atoms with Crippen LogP contribution in [0.2, 0.25) is 0 Å². The molecule has 0 aromatic heterocycles. The van der Waals surface area contributed by atoms with Crippen molar-refractivity contribution in [2.75, 3.05) is 6.61 Å². The lowest BCUT2D eigenvalue weighted by atomic mass is 10.0. The smallest absolute Gasteiger partial charge is 0.387 e. The first-order valence-corrected chi connectivity index (χ1v) is 5.96. The molecule has 0 aliphatic carbocycles. The molecular weight excluding hydrogens is 247 g/mol. The van der Waals surface area contributed by atoms with E-state index in [9.17, 15) is 13.2 Å². The average Bonchev–Trinajstić information content (AvgIpc) is 2.62. The zero-order valence-electron chi connectivity index (χ0n) is 9.89. The number of rotatable bonds is 2. The first-order valence-electron chi connectivity index (χ1n) is 5.96. The molecule has 7 heteroatoms. The fourth-order valence-corrected chi connectivity index (χ4v) is 2.24. The Morgan fingerprint density at radius 3 is 2.89 bits per heavy atom. The van der Waals surface area contributed by atoms with Gasteiger partial charge in [-0.2, -0.15) is 13.2 Å². The van der Waals surface area contributed by atoms with Gasteiger partial charge in [-0.3, -0.25) is 15.3 Å². The summed E-state index contributed by atoms with van der Waals surface area (Å²) in [5.74, 6) is 0.540. The van der Waals surface area contributed by atoms with Crippen LogP contribution in [0.3, 0.4) is 0 Å². The molecule has 0 saturated carbocycles. The minimum atomic E-state index is -4.40. The van der Waals surface area contributed by atoms with Crippen LogP contribution in [-0.4, -0.2) is 24.7 Å². The van der Waals surface area contributed by atoms with Crippen molar-refractivity contribution >= 4 is 5.84 Å². The Hall–Kier alpha value is -1.24. The van der Waals surface area contributed by atoms with Crippen molar-refractivity contribution in [2.24, 2.45) is 10.7 Å². The summed E-state index contributed by atoms with van der Waals surface area (Å²) in [5.41, 5.74) is 7.07. The first-order chi connectivity index (χ1) is 8.47. The number of hydroxylamine groups is 1. The Labute approximate surface area is 103 Å². The van der Waals surface area contributed by atoms with Gasteiger partial charge in [-0.05, 0) is 24.8 Å². The van der Waals surface area contributed by atoms with Crippen LogP contribution in [0.15, 0.2) is 16.3 Å². The lowest BCUT2D eigenvalue weighted by Crippen LogP contribution is -2.23. The highest BCUT2D eigenvalue weighted by Crippen LogP contribution is 2.32. The van der Waals surface area contributed by atoms with Crippen LogP contribution in [0, 0.1) is 0 Å². The van der Waals surface area contributed by atoms with Crippen LogP contribution < -0.4 is 11.2 Å². The Bertz CT molecular complexity index is 376. The number of allylic oxidation sites excluding steroid dienone is 1. The Morgan fingerprint density at radius 1 is 1.39 bits per heavy atom. The second-order valence-electron chi connectivity index (χ2n) is 4.59. The summed E-state index contributed by atoms with van der Waals surface area (Å²) < 4.78 is 38.0. The van der Waals surface area contributed by atoms with E-state index in [0.29, 0.717) is 5.84 Å². The number of halogens is 3. The Kier molecular flexibility index (Phi) is 3.79. The van der Waals surface area contributed by atoms with E-state index in [-0.39, 0.29) is 24.6 Å². The highest BCUT2D eigenvalue weighted by molar-refractivity contribution is 5.80. The van der Waals surface area contributed by atoms with Gasteiger partial charge in [0, 0.05) is 6.42 Å². The van der Waals surface area contributed by atoms with E-state index in [1.54, 1.807) is 0 Å². The average molecular weight is 263 g/mol. The summed E-state index contributed by atoms with van der Waals surface area (Å²) in [6.07, 6.45) is -0.746. The molecule has 0 saturated heterocycles. The first kappa shape index (κ1) is 13.2. The monoisotopic (exact) mass is 263 g/mol. The minimum absolute atomic E-state index is 0.0409. The SMILES string of the molecule is NC1=NC(CC2=C(C(F)(F)F)NOC2)CCCC1. The van der Waals surface area contributed by atoms with Gasteiger partial charge in [0.15, 0.2) is 0 Å². The second-order valence-corrected chi connectivity index (χ2v) is 4.59. The number of aliphatic imine (C=N–C) groups is 1. The quantitative estimate of drug-likeness (QED) is 0.801. The van der Waals surface area contributed by atoms with Gasteiger partial charge in [0.25, 0.3) is 0 Å². The second kappa shape index (κ2) is 5.17. The fraction of sp³-hybridized carbons (Fsp3) is 0.727. The summed E-state index contributed by atoms with van der Waals surface area (Å²) >= 11 is 0. The van der Waals surface area contributed by atoms with E-state index >= 15 is 0 Å². The summed E-state index contributed by atoms with van der Waals surface area (Å²) in [7, 11) is 0. The van der Waals surface area contributed by atoms with Crippen molar-refractivity contribution < 1.29 is 18.0 Å². The third-order valence-electron chi connectivity index (χ3n) is 3.11. The maximum Gasteiger partial charge on any atom is 0.433 e. The molecule has 0 bridgehead atoms. The summed E-state index contributed by atoms with van der Waals surface area (Å²) in [5, 5.41) is 0. The lowest BCUT2D eigenvalue weighted by Gasteiger charge is -2.13. The predicted octanol–water partition coefficient (Wildman–Crippen LogP) is 2.03. The highest BCUT2D eigenvalue weighted by atomic mass is 19.4. The van der Waals surface area contributed by atoms with Crippen LogP contribution in [-0.2, 0) is 4.84 Å². The normalized spacial score (nSPS) is 25.7. The van der Waals surface area contributed by atoms with Gasteiger partial charge in [0.2, 0.25) is 0 Å². The van der Waals surface area contributed by atoms with Gasteiger partial charge in [-0.1, -0.05) is 6.42 Å². The zero-order chi connectivity index (χ0) is 13.2. The minimum Gasteiger partial charge on any atom is -0.387 e. The summed E-state index contributed by atoms with van der Waals surface area (Å²) in [4.78, 5) is 8.94. The molecule has 0 aromatic carbocycles. The number of nitrogens with zero attached hydrogens (tertiary/aromatic N) is 1. The van der Waals surface area contributed by atoms with Crippen molar-refractivity contribution in [3.8, 4) is 0 Å². The molecule has 0 fully saturated rings. The molecule has 18 heavy (non-hydrogen) atoms. The molecule has 2 heterocycles. The Morgan fingerprint density at radius 2 is 2.17 bits per heavy atom. The van der Waals surface area contributed by atoms with E-state index in [0.717, 1.165) is 25.7 Å². The number of hydrogen-bond acceptors (Lipinski definition) is 4. The largest absolute Gasteiger partial charge is 0.433 e. The molecule has 4 nitrogen and oxygen atoms in total. The summed E-state index contributed by atoms with van der Waals surface area (Å²) in [6.45, 7) is -0.0409. The molecule has 2 rings (SSSR count). The molecule has 2 aliphatic rings. The van der Waals surface area contributed by atoms with Crippen molar-refractivity contribution in [2.45, 2.75) is 44.3 Å². The predicted molar refractivity (Wildman–Crippen MR) is 60.7 cm³/mol. The molecular formula is C11H16F3N3O. The van der Waals surface area contributed by atoms with Gasteiger partial charge in [0.05, 0.1) is 18.5 Å². The van der Waals surface area contributed by atoms with E-state index in [1.165, 1.54) is 0 Å². The number of nitrogens with two attached hydrogens (primary N) is 1. The molecule has 0 spiro atoms. The van der Waals surface area contributed by atoms with E-state index in [4.69, 9.17) is 5.73 Å². The van der Waals surface area contributed by atoms with E-state index in [2.05, 4.69) is 9.83 Å². The maximum atomic E-state index is 12.7. The van der Waals surface area contributed by atoms with Crippen LogP contribution in [0.5, 0.6) is 0 Å². The van der Waals surface area contributed by atoms with Gasteiger partial charge in [0.1, 0.15) is 5.70 Å². The van der Waals surface area contributed by atoms with Crippen LogP contribution in [0.1, 0.15) is 32.1 Å². The standard InChI is InChI=1S/C11H16F3N3O/c12-11(13,14)10-7(6-18-17-10)5-8-3-1-2-4-9(15)16-8/h8,17H,1-6H2,(H2,15,16). The highest BCUT2D eigenvalue weighted by Gasteiger charge is 2.40. The van der Waals surface area contributed by atoms with Crippen LogP contribution >= 0.6 is 0 Å². The molecule has 102 valence electrons. The van der Waals surface area contributed by atoms with Gasteiger partial charge in [-0.25, -0.2) is 0 Å². The third kappa shape index (κ3) is 3.16. The van der Waals surface area contributed by atoms with Crippen LogP contribution in [0.25, 0.3) is 0 Å². The molecule has 1 unspecified atom stereocenters. The van der Waals surface area contributed by atoms with Gasteiger partial charge >= 0.3 is 6.18 Å². The number of amidine groups is 1. The molecule has 3 N–H and O–H groups in total. The summed E-state index contributed by atoms with van der Waals surface area (Å²) in [6, 6.07) is -0.164. The van der Waals surface area contributed by atoms with Crippen molar-refractivity contribution in [3.63, 3.8) is 0 Å². The lowest BCUT2D eigenvalue weighted by molar-refractivity contribution is -0.107. The van der Waals surface area contributed by atoms with Crippen molar-refractivity contribution in [1.82, 2.24) is 5.48 Å². The maximum absolute atomic E-state index is 12.7. The number of alkyl halides is 3. The topological polar surface area (TPSA) is 59.6 Å². The molecule has 0 aromatic rings. The molecule has 0 radical (unpaired) electrons. The number of nitrogens with one attached hydrogen (secondary N) is 1. The zero-order valence-corrected chi connectivity index (χ0v) is 9.89. The van der Waals surface area contributed by atoms with Gasteiger partial charge in [-0.15, -0.1) is 0 Å². The molecule has 0 amide bonds. The van der Waals surface area contributed by atoms with E-state index < -0.39 is 11.9 Å². The number of hydrogen-bond donors (Lipinski definition) is 2. The van der Waals surface area contributed by atoms with Crippen molar-refractivity contribution in [3.05, 3.63) is 11.3 Å². The van der Waals surface area contributed by atoms with Gasteiger partial charge < -0.3 is 5.73 Å².